The molecule has 2 fully saturated rings. The highest BCUT2D eigenvalue weighted by Gasteiger charge is 2.36. The lowest BCUT2D eigenvalue weighted by Crippen LogP contribution is -2.49. The summed E-state index contributed by atoms with van der Waals surface area (Å²) in [4.78, 5) is 17.6. The molecule has 29 heavy (non-hydrogen) atoms. The third-order valence-corrected chi connectivity index (χ3v) is 5.73. The predicted molar refractivity (Wildman–Crippen MR) is 111 cm³/mol. The summed E-state index contributed by atoms with van der Waals surface area (Å²) in [6.45, 7) is 6.04. The molecule has 0 spiro atoms. The monoisotopic (exact) mass is 396 g/mol. The van der Waals surface area contributed by atoms with Crippen LogP contribution in [0.15, 0.2) is 48.5 Å². The molecule has 0 aromatic heterocycles. The zero-order valence-corrected chi connectivity index (χ0v) is 16.8. The maximum absolute atomic E-state index is 13.4. The molecule has 1 amide bonds. The summed E-state index contributed by atoms with van der Waals surface area (Å²) in [6.07, 6.45) is -0.427. The maximum Gasteiger partial charge on any atom is 0.254 e. The second kappa shape index (κ2) is 8.95. The van der Waals surface area contributed by atoms with Crippen molar-refractivity contribution in [1.82, 2.24) is 4.90 Å². The average Bonchev–Trinajstić information content (AvgIpc) is 2.79. The van der Waals surface area contributed by atoms with Crippen LogP contribution in [-0.2, 0) is 9.47 Å². The largest absolute Gasteiger partial charge is 0.394 e. The Morgan fingerprint density at radius 2 is 1.83 bits per heavy atom. The van der Waals surface area contributed by atoms with Crippen molar-refractivity contribution in [3.63, 3.8) is 0 Å². The molecule has 0 saturated carbocycles. The molecule has 2 heterocycles. The molecule has 0 bridgehead atoms. The molecule has 2 aliphatic heterocycles. The second-order valence-corrected chi connectivity index (χ2v) is 7.55. The zero-order valence-electron chi connectivity index (χ0n) is 16.8. The number of ether oxygens (including phenoxy) is 2. The Bertz CT molecular complexity index is 836. The Hall–Kier alpha value is -2.41. The van der Waals surface area contributed by atoms with E-state index >= 15 is 0 Å². The Balaban J connectivity index is 1.60. The summed E-state index contributed by atoms with van der Waals surface area (Å²) in [5, 5.41) is 9.84. The van der Waals surface area contributed by atoms with Crippen LogP contribution < -0.4 is 4.90 Å². The molecule has 1 N–H and O–H groups in total. The van der Waals surface area contributed by atoms with Crippen molar-refractivity contribution < 1.29 is 19.4 Å². The molecule has 6 heteroatoms. The molecule has 2 aliphatic rings. The Morgan fingerprint density at radius 3 is 2.52 bits per heavy atom. The second-order valence-electron chi connectivity index (χ2n) is 7.55. The van der Waals surface area contributed by atoms with Crippen molar-refractivity contribution in [2.24, 2.45) is 0 Å². The van der Waals surface area contributed by atoms with Crippen molar-refractivity contribution in [3.05, 3.63) is 65.2 Å². The number of carbonyl (C=O) groups excluding carboxylic acids is 1. The molecule has 2 saturated heterocycles. The molecular formula is C23H28N2O4. The van der Waals surface area contributed by atoms with E-state index < -0.39 is 6.10 Å². The lowest BCUT2D eigenvalue weighted by atomic mass is 9.97. The van der Waals surface area contributed by atoms with Crippen LogP contribution in [0.5, 0.6) is 0 Å². The molecule has 2 aromatic carbocycles. The number of aryl methyl sites for hydroxylation is 1. The quantitative estimate of drug-likeness (QED) is 0.860. The molecule has 154 valence electrons. The first-order chi connectivity index (χ1) is 14.2. The summed E-state index contributed by atoms with van der Waals surface area (Å²) in [5.74, 6) is -0.0303. The van der Waals surface area contributed by atoms with Gasteiger partial charge in [0.05, 0.1) is 32.5 Å². The molecular weight excluding hydrogens is 368 g/mol. The smallest absolute Gasteiger partial charge is 0.254 e. The lowest BCUT2D eigenvalue weighted by Gasteiger charge is -2.41. The molecule has 2 atom stereocenters. The number of amides is 1. The Labute approximate surface area is 171 Å². The van der Waals surface area contributed by atoms with Crippen LogP contribution in [0, 0.1) is 6.92 Å². The van der Waals surface area contributed by atoms with E-state index in [1.54, 1.807) is 0 Å². The lowest BCUT2D eigenvalue weighted by molar-refractivity contribution is -0.0811. The summed E-state index contributed by atoms with van der Waals surface area (Å²) in [6, 6.07) is 15.4. The Kier molecular flexibility index (Phi) is 6.13. The van der Waals surface area contributed by atoms with E-state index in [1.807, 2.05) is 60.4 Å². The van der Waals surface area contributed by atoms with Gasteiger partial charge in [-0.3, -0.25) is 4.79 Å². The fraction of sp³-hybridized carbons (Fsp3) is 0.435. The van der Waals surface area contributed by atoms with Gasteiger partial charge in [-0.1, -0.05) is 30.3 Å². The van der Waals surface area contributed by atoms with Crippen molar-refractivity contribution in [2.45, 2.75) is 19.1 Å². The van der Waals surface area contributed by atoms with Gasteiger partial charge in [0.25, 0.3) is 5.91 Å². The van der Waals surface area contributed by atoms with Gasteiger partial charge in [0, 0.05) is 30.9 Å². The number of anilines is 1. The van der Waals surface area contributed by atoms with Gasteiger partial charge in [-0.2, -0.15) is 0 Å². The van der Waals surface area contributed by atoms with Gasteiger partial charge in [-0.05, 0) is 36.2 Å². The van der Waals surface area contributed by atoms with Crippen LogP contribution in [0.25, 0.3) is 0 Å². The topological polar surface area (TPSA) is 62.2 Å². The van der Waals surface area contributed by atoms with Crippen LogP contribution in [-0.4, -0.2) is 68.1 Å². The van der Waals surface area contributed by atoms with E-state index in [4.69, 9.17) is 9.47 Å². The highest BCUT2D eigenvalue weighted by molar-refractivity contribution is 5.95. The zero-order chi connectivity index (χ0) is 20.2. The summed E-state index contributed by atoms with van der Waals surface area (Å²) in [5.41, 5.74) is 3.88. The summed E-state index contributed by atoms with van der Waals surface area (Å²) in [7, 11) is 0. The minimum Gasteiger partial charge on any atom is -0.394 e. The van der Waals surface area contributed by atoms with Gasteiger partial charge in [0.1, 0.15) is 6.10 Å². The number of hydrogen-bond acceptors (Lipinski definition) is 5. The summed E-state index contributed by atoms with van der Waals surface area (Å²) < 4.78 is 11.2. The first kappa shape index (κ1) is 19.9. The van der Waals surface area contributed by atoms with Crippen molar-refractivity contribution in [3.8, 4) is 0 Å². The van der Waals surface area contributed by atoms with Crippen LogP contribution >= 0.6 is 0 Å². The Morgan fingerprint density at radius 1 is 1.07 bits per heavy atom. The van der Waals surface area contributed by atoms with Crippen molar-refractivity contribution in [2.75, 3.05) is 51.0 Å². The minimum atomic E-state index is -0.427. The number of carbonyl (C=O) groups is 1. The predicted octanol–water partition coefficient (Wildman–Crippen LogP) is 2.41. The van der Waals surface area contributed by atoms with Crippen LogP contribution in [0.2, 0.25) is 0 Å². The van der Waals surface area contributed by atoms with E-state index in [9.17, 15) is 9.90 Å². The highest BCUT2D eigenvalue weighted by Crippen LogP contribution is 2.31. The first-order valence-electron chi connectivity index (χ1n) is 10.2. The molecule has 0 radical (unpaired) electrons. The number of rotatable bonds is 4. The van der Waals surface area contributed by atoms with Crippen LogP contribution in [0.1, 0.15) is 27.5 Å². The number of nitrogens with zero attached hydrogens (tertiary/aromatic N) is 2. The van der Waals surface area contributed by atoms with E-state index in [0.717, 1.165) is 43.1 Å². The molecule has 4 rings (SSSR count). The van der Waals surface area contributed by atoms with Crippen molar-refractivity contribution >= 4 is 11.6 Å². The minimum absolute atomic E-state index is 0.0303. The number of aliphatic hydroxyl groups is 1. The fourth-order valence-electron chi connectivity index (χ4n) is 4.27. The van der Waals surface area contributed by atoms with Crippen molar-refractivity contribution in [1.29, 1.82) is 0 Å². The van der Waals surface area contributed by atoms with E-state index in [-0.39, 0.29) is 18.6 Å². The number of morpholine rings is 2. The van der Waals surface area contributed by atoms with Gasteiger partial charge < -0.3 is 24.4 Å². The van der Waals surface area contributed by atoms with E-state index in [1.165, 1.54) is 0 Å². The molecule has 0 unspecified atom stereocenters. The fourth-order valence-corrected chi connectivity index (χ4v) is 4.27. The third kappa shape index (κ3) is 4.15. The van der Waals surface area contributed by atoms with Gasteiger partial charge >= 0.3 is 0 Å². The third-order valence-electron chi connectivity index (χ3n) is 5.73. The highest BCUT2D eigenvalue weighted by atomic mass is 16.5. The van der Waals surface area contributed by atoms with Crippen LogP contribution in [0.4, 0.5) is 5.69 Å². The SMILES string of the molecule is Cc1cc(C(=O)N2CCO[C@H](CO)[C@H]2c2ccccc2)ccc1N1CCOCC1. The van der Waals surface area contributed by atoms with Gasteiger partial charge in [0.2, 0.25) is 0 Å². The van der Waals surface area contributed by atoms with Gasteiger partial charge in [0.15, 0.2) is 0 Å². The number of benzene rings is 2. The molecule has 6 nitrogen and oxygen atoms in total. The van der Waals surface area contributed by atoms with Crippen LogP contribution in [0.3, 0.4) is 0 Å². The average molecular weight is 396 g/mol. The standard InChI is InChI=1S/C23H28N2O4/c1-17-15-19(7-8-20(17)24-9-12-28-13-10-24)23(27)25-11-14-29-21(16-26)22(25)18-5-3-2-4-6-18/h2-8,15,21-22,26H,9-14,16H2,1H3/t21-,22-/m1/s1. The molecule has 0 aliphatic carbocycles. The van der Waals surface area contributed by atoms with Gasteiger partial charge in [-0.15, -0.1) is 0 Å². The van der Waals surface area contributed by atoms with E-state index in [2.05, 4.69) is 4.90 Å². The first-order valence-corrected chi connectivity index (χ1v) is 10.2. The van der Waals surface area contributed by atoms with E-state index in [0.29, 0.717) is 18.7 Å². The number of aliphatic hydroxyl groups excluding tert-OH is 1. The summed E-state index contributed by atoms with van der Waals surface area (Å²) >= 11 is 0. The normalized spacial score (nSPS) is 22.6. The number of hydrogen-bond donors (Lipinski definition) is 1. The van der Waals surface area contributed by atoms with Gasteiger partial charge in [-0.25, -0.2) is 0 Å². The maximum atomic E-state index is 13.4. The molecule has 2 aromatic rings.